The average Bonchev–Trinajstić information content (AvgIpc) is 2.95. The molecule has 0 spiro atoms. The first-order valence-corrected chi connectivity index (χ1v) is 6.80. The maximum absolute atomic E-state index is 11.5. The van der Waals surface area contributed by atoms with Gasteiger partial charge in [0.2, 0.25) is 5.91 Å². The minimum absolute atomic E-state index is 0.0547. The van der Waals surface area contributed by atoms with Crippen LogP contribution in [0.5, 0.6) is 0 Å². The number of nitrogens with zero attached hydrogens (tertiary/aromatic N) is 1. The molecule has 2 aromatic rings. The summed E-state index contributed by atoms with van der Waals surface area (Å²) in [5.41, 5.74) is 3.07. The van der Waals surface area contributed by atoms with Crippen molar-refractivity contribution in [1.82, 2.24) is 15.5 Å². The summed E-state index contributed by atoms with van der Waals surface area (Å²) in [7, 11) is 0. The summed E-state index contributed by atoms with van der Waals surface area (Å²) in [4.78, 5) is 11.5. The number of hydrogen-bond acceptors (Lipinski definition) is 3. The number of carbonyl (C=O) groups is 1. The Bertz CT molecular complexity index is 534. The van der Waals surface area contributed by atoms with Crippen molar-refractivity contribution >= 4 is 11.6 Å². The standard InChI is InChI=1S/C15H20N4O/c1-3-16-15(20)10-12-4-6-13(7-5-12)18-11(2)14-8-9-17-19-14/h4-9,11,18H,3,10H2,1-2H3,(H,16,20)(H,17,19). The lowest BCUT2D eigenvalue weighted by Gasteiger charge is -2.13. The minimum Gasteiger partial charge on any atom is -0.377 e. The molecule has 0 radical (unpaired) electrons. The van der Waals surface area contributed by atoms with Crippen LogP contribution in [0.4, 0.5) is 5.69 Å². The molecule has 3 N–H and O–H groups in total. The van der Waals surface area contributed by atoms with Gasteiger partial charge in [0.05, 0.1) is 18.2 Å². The Labute approximate surface area is 118 Å². The zero-order chi connectivity index (χ0) is 14.4. The predicted octanol–water partition coefficient (Wildman–Crippen LogP) is 2.26. The van der Waals surface area contributed by atoms with Crippen LogP contribution in [0.1, 0.15) is 31.1 Å². The molecule has 0 aliphatic heterocycles. The molecule has 0 saturated heterocycles. The molecule has 20 heavy (non-hydrogen) atoms. The quantitative estimate of drug-likeness (QED) is 0.755. The second-order valence-corrected chi connectivity index (χ2v) is 4.71. The van der Waals surface area contributed by atoms with E-state index in [1.807, 2.05) is 37.3 Å². The van der Waals surface area contributed by atoms with Gasteiger partial charge < -0.3 is 10.6 Å². The summed E-state index contributed by atoms with van der Waals surface area (Å²) < 4.78 is 0. The van der Waals surface area contributed by atoms with E-state index in [0.717, 1.165) is 16.9 Å². The van der Waals surface area contributed by atoms with Gasteiger partial charge in [-0.2, -0.15) is 5.10 Å². The molecule has 0 saturated carbocycles. The molecule has 5 heteroatoms. The summed E-state index contributed by atoms with van der Waals surface area (Å²) in [6, 6.07) is 10.0. The molecule has 0 bridgehead atoms. The third-order valence-corrected chi connectivity index (χ3v) is 3.06. The van der Waals surface area contributed by atoms with E-state index >= 15 is 0 Å². The highest BCUT2D eigenvalue weighted by atomic mass is 16.1. The molecule has 1 atom stereocenters. The van der Waals surface area contributed by atoms with E-state index in [1.165, 1.54) is 0 Å². The summed E-state index contributed by atoms with van der Waals surface area (Å²) in [6.07, 6.45) is 2.16. The molecule has 0 aliphatic rings. The van der Waals surface area contributed by atoms with Crippen LogP contribution in [0.3, 0.4) is 0 Å². The SMILES string of the molecule is CCNC(=O)Cc1ccc(NC(C)c2ccn[nH]2)cc1. The fourth-order valence-electron chi connectivity index (χ4n) is 2.00. The van der Waals surface area contributed by atoms with Gasteiger partial charge in [-0.15, -0.1) is 0 Å². The van der Waals surface area contributed by atoms with Gasteiger partial charge in [-0.1, -0.05) is 12.1 Å². The maximum Gasteiger partial charge on any atom is 0.224 e. The molecule has 1 aromatic carbocycles. The number of benzene rings is 1. The zero-order valence-electron chi connectivity index (χ0n) is 11.8. The van der Waals surface area contributed by atoms with Crippen LogP contribution < -0.4 is 10.6 Å². The first kappa shape index (κ1) is 14.1. The summed E-state index contributed by atoms with van der Waals surface area (Å²) >= 11 is 0. The van der Waals surface area contributed by atoms with Crippen LogP contribution in [0, 0.1) is 0 Å². The van der Waals surface area contributed by atoms with E-state index in [9.17, 15) is 4.79 Å². The van der Waals surface area contributed by atoms with Gasteiger partial charge in [-0.05, 0) is 37.6 Å². The predicted molar refractivity (Wildman–Crippen MR) is 79.5 cm³/mol. The van der Waals surface area contributed by atoms with Crippen molar-refractivity contribution < 1.29 is 4.79 Å². The summed E-state index contributed by atoms with van der Waals surface area (Å²) in [5.74, 6) is 0.0547. The molecular weight excluding hydrogens is 252 g/mol. The monoisotopic (exact) mass is 272 g/mol. The van der Waals surface area contributed by atoms with Gasteiger partial charge >= 0.3 is 0 Å². The Morgan fingerprint density at radius 2 is 2.05 bits per heavy atom. The topological polar surface area (TPSA) is 69.8 Å². The van der Waals surface area contributed by atoms with Crippen LogP contribution in [-0.2, 0) is 11.2 Å². The van der Waals surface area contributed by atoms with Crippen LogP contribution in [0.2, 0.25) is 0 Å². The zero-order valence-corrected chi connectivity index (χ0v) is 11.8. The molecule has 1 unspecified atom stereocenters. The lowest BCUT2D eigenvalue weighted by molar-refractivity contribution is -0.120. The Balaban J connectivity index is 1.93. The highest BCUT2D eigenvalue weighted by Crippen LogP contribution is 2.17. The fraction of sp³-hybridized carbons (Fsp3) is 0.333. The molecule has 5 nitrogen and oxygen atoms in total. The molecule has 1 aromatic heterocycles. The van der Waals surface area contributed by atoms with E-state index in [-0.39, 0.29) is 11.9 Å². The fourth-order valence-corrected chi connectivity index (χ4v) is 2.00. The number of carbonyl (C=O) groups excluding carboxylic acids is 1. The molecule has 2 rings (SSSR count). The molecule has 0 aliphatic carbocycles. The van der Waals surface area contributed by atoms with Gasteiger partial charge in [0.25, 0.3) is 0 Å². The van der Waals surface area contributed by atoms with E-state index in [2.05, 4.69) is 27.8 Å². The second kappa shape index (κ2) is 6.75. The van der Waals surface area contributed by atoms with Crippen LogP contribution in [-0.4, -0.2) is 22.6 Å². The molecular formula is C15H20N4O. The third-order valence-electron chi connectivity index (χ3n) is 3.06. The van der Waals surface area contributed by atoms with Crippen molar-refractivity contribution in [1.29, 1.82) is 0 Å². The van der Waals surface area contributed by atoms with E-state index in [1.54, 1.807) is 6.20 Å². The molecule has 106 valence electrons. The van der Waals surface area contributed by atoms with Gasteiger partial charge in [-0.3, -0.25) is 9.89 Å². The minimum atomic E-state index is 0.0547. The largest absolute Gasteiger partial charge is 0.377 e. The second-order valence-electron chi connectivity index (χ2n) is 4.71. The van der Waals surface area contributed by atoms with Crippen molar-refractivity contribution in [3.63, 3.8) is 0 Å². The Kier molecular flexibility index (Phi) is 4.76. The van der Waals surface area contributed by atoms with Crippen LogP contribution >= 0.6 is 0 Å². The Hall–Kier alpha value is -2.30. The lowest BCUT2D eigenvalue weighted by Crippen LogP contribution is -2.24. The number of anilines is 1. The van der Waals surface area contributed by atoms with Crippen molar-refractivity contribution in [2.24, 2.45) is 0 Å². The van der Waals surface area contributed by atoms with Crippen molar-refractivity contribution in [2.75, 3.05) is 11.9 Å². The van der Waals surface area contributed by atoms with E-state index < -0.39 is 0 Å². The first-order valence-electron chi connectivity index (χ1n) is 6.80. The van der Waals surface area contributed by atoms with Gasteiger partial charge in [0.15, 0.2) is 0 Å². The molecule has 1 amide bonds. The highest BCUT2D eigenvalue weighted by molar-refractivity contribution is 5.78. The summed E-state index contributed by atoms with van der Waals surface area (Å²) in [5, 5.41) is 13.1. The first-order chi connectivity index (χ1) is 9.69. The number of nitrogens with one attached hydrogen (secondary N) is 3. The average molecular weight is 272 g/mol. The highest BCUT2D eigenvalue weighted by Gasteiger charge is 2.07. The number of aromatic amines is 1. The smallest absolute Gasteiger partial charge is 0.224 e. The Morgan fingerprint density at radius 1 is 1.30 bits per heavy atom. The van der Waals surface area contributed by atoms with Crippen molar-refractivity contribution in [2.45, 2.75) is 26.3 Å². The van der Waals surface area contributed by atoms with E-state index in [4.69, 9.17) is 0 Å². The van der Waals surface area contributed by atoms with Gasteiger partial charge in [0.1, 0.15) is 0 Å². The van der Waals surface area contributed by atoms with Crippen LogP contribution in [0.25, 0.3) is 0 Å². The van der Waals surface area contributed by atoms with Gasteiger partial charge in [0, 0.05) is 18.4 Å². The number of aromatic nitrogens is 2. The number of amides is 1. The normalized spacial score (nSPS) is 11.9. The molecule has 0 fully saturated rings. The maximum atomic E-state index is 11.5. The number of hydrogen-bond donors (Lipinski definition) is 3. The lowest BCUT2D eigenvalue weighted by atomic mass is 10.1. The van der Waals surface area contributed by atoms with Crippen LogP contribution in [0.15, 0.2) is 36.5 Å². The number of likely N-dealkylation sites (N-methyl/N-ethyl adjacent to an activating group) is 1. The number of rotatable bonds is 6. The third kappa shape index (κ3) is 3.85. The summed E-state index contributed by atoms with van der Waals surface area (Å²) in [6.45, 7) is 4.65. The molecule has 1 heterocycles. The van der Waals surface area contributed by atoms with Crippen molar-refractivity contribution in [3.8, 4) is 0 Å². The van der Waals surface area contributed by atoms with E-state index in [0.29, 0.717) is 13.0 Å². The number of H-pyrrole nitrogens is 1. The van der Waals surface area contributed by atoms with Crippen molar-refractivity contribution in [3.05, 3.63) is 47.8 Å². The Morgan fingerprint density at radius 3 is 2.65 bits per heavy atom. The van der Waals surface area contributed by atoms with Gasteiger partial charge in [-0.25, -0.2) is 0 Å².